The number of para-hydroxylation sites is 1. The average molecular weight is 878 g/mol. The summed E-state index contributed by atoms with van der Waals surface area (Å²) in [5, 5.41) is 21.5. The number of hydrogen-bond donors (Lipinski definition) is 3. The molecule has 3 unspecified atom stereocenters. The van der Waals surface area contributed by atoms with E-state index in [0.29, 0.717) is 65.5 Å². The van der Waals surface area contributed by atoms with Crippen molar-refractivity contribution in [3.63, 3.8) is 0 Å². The van der Waals surface area contributed by atoms with E-state index >= 15 is 0 Å². The van der Waals surface area contributed by atoms with Gasteiger partial charge in [-0.3, -0.25) is 24.6 Å². The van der Waals surface area contributed by atoms with E-state index in [4.69, 9.17) is 10.5 Å². The molecule has 4 N–H and O–H groups in total. The topological polar surface area (TPSA) is 157 Å². The van der Waals surface area contributed by atoms with Crippen molar-refractivity contribution in [1.29, 1.82) is 0 Å². The molecule has 3 aromatic carbocycles. The number of amides is 3. The lowest BCUT2D eigenvalue weighted by Crippen LogP contribution is -2.47. The Morgan fingerprint density at radius 1 is 0.954 bits per heavy atom. The van der Waals surface area contributed by atoms with Gasteiger partial charge in [-0.05, 0) is 122 Å². The van der Waals surface area contributed by atoms with E-state index < -0.39 is 0 Å². The van der Waals surface area contributed by atoms with Gasteiger partial charge in [-0.25, -0.2) is 4.58 Å². The molecule has 4 saturated heterocycles. The fourth-order valence-corrected chi connectivity index (χ4v) is 13.1. The number of likely N-dealkylation sites (tertiary alicyclic amines) is 2. The van der Waals surface area contributed by atoms with Crippen molar-refractivity contribution in [3.05, 3.63) is 89.5 Å². The number of aromatic nitrogens is 2. The molecular weight excluding hydrogens is 817 g/mol. The molecule has 13 heteroatoms. The number of phenols is 1. The normalized spacial score (nSPS) is 28.6. The van der Waals surface area contributed by atoms with Crippen LogP contribution in [0.15, 0.2) is 72.8 Å². The summed E-state index contributed by atoms with van der Waals surface area (Å²) in [6, 6.07) is 24.6. The Kier molecular flexibility index (Phi) is 10.9. The lowest BCUT2D eigenvalue weighted by Gasteiger charge is -2.40. The van der Waals surface area contributed by atoms with Crippen LogP contribution >= 0.6 is 0 Å². The quantitative estimate of drug-likeness (QED) is 0.123. The van der Waals surface area contributed by atoms with Crippen LogP contribution in [-0.2, 0) is 20.8 Å². The summed E-state index contributed by atoms with van der Waals surface area (Å²) in [6.07, 6.45) is 10.2. The van der Waals surface area contributed by atoms with Crippen molar-refractivity contribution in [2.45, 2.75) is 82.7 Å². The number of aromatic hydroxyl groups is 1. The van der Waals surface area contributed by atoms with E-state index in [-0.39, 0.29) is 35.5 Å². The van der Waals surface area contributed by atoms with E-state index in [9.17, 15) is 19.5 Å². The summed E-state index contributed by atoms with van der Waals surface area (Å²) in [7, 11) is 0. The Balaban J connectivity index is 0.638. The molecule has 0 radical (unpaired) electrons. The molecule has 6 atom stereocenters. The number of carbonyl (C=O) groups is 3. The van der Waals surface area contributed by atoms with Gasteiger partial charge in [0.25, 0.3) is 0 Å². The van der Waals surface area contributed by atoms with Gasteiger partial charge in [0, 0.05) is 68.6 Å². The minimum absolute atomic E-state index is 0.100. The lowest BCUT2D eigenvalue weighted by molar-refractivity contribution is -0.429. The molecule has 1 aromatic heterocycles. The number of ether oxygens (including phenoxy) is 1. The molecule has 5 aliphatic heterocycles. The minimum atomic E-state index is -0.285. The zero-order chi connectivity index (χ0) is 44.4. The predicted molar refractivity (Wildman–Crippen MR) is 248 cm³/mol. The fourth-order valence-electron chi connectivity index (χ4n) is 13.1. The first-order valence-electron chi connectivity index (χ1n) is 24.1. The molecule has 11 rings (SSSR count). The van der Waals surface area contributed by atoms with E-state index in [0.717, 1.165) is 102 Å². The van der Waals surface area contributed by atoms with Gasteiger partial charge in [0.15, 0.2) is 18.6 Å². The first-order chi connectivity index (χ1) is 31.6. The number of nitrogen functional groups attached to an aromatic ring is 1. The molecule has 7 aliphatic rings. The van der Waals surface area contributed by atoms with Crippen molar-refractivity contribution in [1.82, 2.24) is 25.3 Å². The number of nitrogens with zero attached hydrogens (tertiary/aromatic N) is 6. The van der Waals surface area contributed by atoms with Crippen LogP contribution < -0.4 is 20.7 Å². The smallest absolute Gasteiger partial charge is 0.239 e. The molecule has 6 heterocycles. The van der Waals surface area contributed by atoms with Crippen molar-refractivity contribution in [2.24, 2.45) is 29.1 Å². The SMILES string of the molecule is C[C@@H]1C[N+](=CC2CCC(=O)NC2=O)c2cccc(C3CCN(CC(=O)N4CCC(Oc5cccc(CC67C[C@H]8CN(c9cc(-c%10ccccc%10O)nnc9N)CC[C@H]6C87)c5)CC4)CC3)c21. The van der Waals surface area contributed by atoms with Crippen LogP contribution in [-0.4, -0.2) is 112 Å². The lowest BCUT2D eigenvalue weighted by atomic mass is 9.71. The number of hydrogen-bond acceptors (Lipinski definition) is 10. The maximum absolute atomic E-state index is 13.6. The summed E-state index contributed by atoms with van der Waals surface area (Å²) in [6.45, 7) is 8.73. The Bertz CT molecular complexity index is 2540. The first-order valence-corrected chi connectivity index (χ1v) is 24.1. The molecular formula is C52H61N8O5+. The molecule has 3 amide bonds. The van der Waals surface area contributed by atoms with Crippen LogP contribution in [0.3, 0.4) is 0 Å². The van der Waals surface area contributed by atoms with E-state index in [1.54, 1.807) is 12.1 Å². The summed E-state index contributed by atoms with van der Waals surface area (Å²) in [4.78, 5) is 44.6. The molecule has 13 nitrogen and oxygen atoms in total. The highest BCUT2D eigenvalue weighted by Gasteiger charge is 2.74. The standard InChI is InChI=1S/C52H60N8O5/c1-32-28-60(29-35-12-13-46(62)54-51(35)64)43-10-5-9-39(48(32)43)34-14-19-57(20-15-34)31-47(63)58-21-16-37(17-22-58)65-38-7-4-6-33(24-38)26-52-27-36-30-59(23-18-41(52)49(36)52)44-25-42(55-56-50(44)53)40-8-2-3-11-45(40)61/h2-11,24-25,29,32,34-37,41,49H,12-23,26-28,30-31H2,1H3,(H3-,53,54,55,56,61,62,64)/p+1/t32-,35?,36+,41+,49?,52?/m1/s1. The number of phenolic OH excluding ortho intramolecular Hbond substituents is 1. The van der Waals surface area contributed by atoms with Crippen molar-refractivity contribution < 1.29 is 28.8 Å². The molecule has 4 aromatic rings. The summed E-state index contributed by atoms with van der Waals surface area (Å²) in [5.41, 5.74) is 14.3. The molecule has 0 bridgehead atoms. The highest BCUT2D eigenvalue weighted by molar-refractivity contribution is 6.04. The summed E-state index contributed by atoms with van der Waals surface area (Å²) in [5.74, 6) is 3.99. The largest absolute Gasteiger partial charge is 0.507 e. The van der Waals surface area contributed by atoms with Gasteiger partial charge in [-0.2, -0.15) is 0 Å². The molecule has 0 spiro atoms. The highest BCUT2D eigenvalue weighted by atomic mass is 16.5. The third-order valence-corrected chi connectivity index (χ3v) is 16.3. The second-order valence-electron chi connectivity index (χ2n) is 20.2. The number of nitrogens with two attached hydrogens (primary N) is 1. The molecule has 2 aliphatic carbocycles. The van der Waals surface area contributed by atoms with E-state index in [1.807, 2.05) is 29.3 Å². The van der Waals surface area contributed by atoms with Gasteiger partial charge in [-0.1, -0.05) is 43.3 Å². The maximum atomic E-state index is 13.6. The summed E-state index contributed by atoms with van der Waals surface area (Å²) < 4.78 is 8.83. The first kappa shape index (κ1) is 41.9. The Morgan fingerprint density at radius 2 is 1.77 bits per heavy atom. The number of rotatable bonds is 10. The third-order valence-electron chi connectivity index (χ3n) is 16.3. The van der Waals surface area contributed by atoms with Crippen molar-refractivity contribution in [3.8, 4) is 22.8 Å². The number of benzene rings is 3. The highest BCUT2D eigenvalue weighted by Crippen LogP contribution is 2.78. The van der Waals surface area contributed by atoms with E-state index in [1.165, 1.54) is 28.8 Å². The van der Waals surface area contributed by atoms with Crippen LogP contribution in [0.4, 0.5) is 17.2 Å². The number of anilines is 2. The second-order valence-corrected chi connectivity index (χ2v) is 20.2. The second kappa shape index (κ2) is 16.9. The van der Waals surface area contributed by atoms with Gasteiger partial charge in [-0.15, -0.1) is 10.2 Å². The fraction of sp³-hybridized carbons (Fsp3) is 0.500. The van der Waals surface area contributed by atoms with Crippen molar-refractivity contribution in [2.75, 3.05) is 63.0 Å². The minimum Gasteiger partial charge on any atom is -0.507 e. The predicted octanol–water partition coefficient (Wildman–Crippen LogP) is 6.27. The van der Waals surface area contributed by atoms with Crippen LogP contribution in [0, 0.1) is 29.1 Å². The Morgan fingerprint density at radius 3 is 2.58 bits per heavy atom. The number of fused-ring (bicyclic) bond motifs is 2. The average Bonchev–Trinajstić information content (AvgIpc) is 3.71. The zero-order valence-electron chi connectivity index (χ0n) is 37.4. The van der Waals surface area contributed by atoms with Gasteiger partial charge in [0.05, 0.1) is 17.9 Å². The Hall–Kier alpha value is -5.82. The Labute approximate surface area is 381 Å². The van der Waals surface area contributed by atoms with Crippen LogP contribution in [0.2, 0.25) is 0 Å². The summed E-state index contributed by atoms with van der Waals surface area (Å²) >= 11 is 0. The van der Waals surface area contributed by atoms with Gasteiger partial charge in [0.1, 0.15) is 23.5 Å². The zero-order valence-corrected chi connectivity index (χ0v) is 37.4. The monoisotopic (exact) mass is 877 g/mol. The number of carbonyl (C=O) groups excluding carboxylic acids is 3. The molecule has 6 fully saturated rings. The van der Waals surface area contributed by atoms with Gasteiger partial charge >= 0.3 is 0 Å². The van der Waals surface area contributed by atoms with Gasteiger partial charge < -0.3 is 25.4 Å². The van der Waals surface area contributed by atoms with Crippen LogP contribution in [0.1, 0.15) is 86.8 Å². The molecule has 65 heavy (non-hydrogen) atoms. The van der Waals surface area contributed by atoms with Gasteiger partial charge in [0.2, 0.25) is 23.4 Å². The third kappa shape index (κ3) is 7.93. The van der Waals surface area contributed by atoms with Crippen molar-refractivity contribution >= 4 is 41.1 Å². The molecule has 2 saturated carbocycles. The maximum Gasteiger partial charge on any atom is 0.239 e. The number of nitrogens with one attached hydrogen (secondary N) is 1. The van der Waals surface area contributed by atoms with Crippen LogP contribution in [0.25, 0.3) is 11.3 Å². The number of piperidine rings is 3. The van der Waals surface area contributed by atoms with Crippen LogP contribution in [0.5, 0.6) is 11.5 Å². The molecule has 338 valence electrons. The van der Waals surface area contributed by atoms with E-state index in [2.05, 4.69) is 79.3 Å². The number of imide groups is 1.